The maximum Gasteiger partial charge on any atom is 0.163 e. The molecule has 1 aromatic heterocycles. The lowest BCUT2D eigenvalue weighted by Gasteiger charge is -2.40. The molecule has 0 aliphatic carbocycles. The number of aromatic nitrogens is 1. The summed E-state index contributed by atoms with van der Waals surface area (Å²) in [4.78, 5) is 0. The lowest BCUT2D eigenvalue weighted by molar-refractivity contribution is -0.250. The molecule has 5 atom stereocenters. The number of benzene rings is 3. The molecule has 0 radical (unpaired) electrons. The summed E-state index contributed by atoms with van der Waals surface area (Å²) >= 11 is 6.55. The van der Waals surface area contributed by atoms with Crippen molar-refractivity contribution in [2.24, 2.45) is 0 Å². The molecule has 0 bridgehead atoms. The summed E-state index contributed by atoms with van der Waals surface area (Å²) in [5, 5.41) is 43.6. The highest BCUT2D eigenvalue weighted by Gasteiger charge is 2.44. The Balaban J connectivity index is 1.58. The average molecular weight is 472 g/mol. The summed E-state index contributed by atoms with van der Waals surface area (Å²) in [5.74, 6) is -0.287. The fourth-order valence-electron chi connectivity index (χ4n) is 4.60. The maximum atomic E-state index is 13.5. The summed E-state index contributed by atoms with van der Waals surface area (Å²) in [5.41, 5.74) is 2.54. The van der Waals surface area contributed by atoms with Gasteiger partial charge >= 0.3 is 0 Å². The van der Waals surface area contributed by atoms with E-state index < -0.39 is 37.3 Å². The molecule has 4 aromatic rings. The smallest absolute Gasteiger partial charge is 0.163 e. The van der Waals surface area contributed by atoms with E-state index in [1.807, 2.05) is 24.3 Å². The Morgan fingerprint density at radius 3 is 2.48 bits per heavy atom. The van der Waals surface area contributed by atoms with Crippen LogP contribution in [0.25, 0.3) is 21.7 Å². The molecule has 1 fully saturated rings. The first-order valence-electron chi connectivity index (χ1n) is 10.6. The van der Waals surface area contributed by atoms with Crippen LogP contribution in [0.15, 0.2) is 60.8 Å². The molecular formula is C25H23ClFNO5. The van der Waals surface area contributed by atoms with Crippen LogP contribution < -0.4 is 0 Å². The Labute approximate surface area is 194 Å². The van der Waals surface area contributed by atoms with Crippen LogP contribution in [-0.2, 0) is 11.2 Å². The molecule has 4 N–H and O–H groups in total. The van der Waals surface area contributed by atoms with Gasteiger partial charge in [-0.3, -0.25) is 0 Å². The topological polar surface area (TPSA) is 95.1 Å². The first-order chi connectivity index (χ1) is 15.9. The fourth-order valence-corrected chi connectivity index (χ4v) is 4.89. The number of rotatable bonds is 4. The zero-order valence-corrected chi connectivity index (χ0v) is 18.2. The Morgan fingerprint density at radius 1 is 0.939 bits per heavy atom. The zero-order chi connectivity index (χ0) is 23.3. The van der Waals surface area contributed by atoms with Crippen molar-refractivity contribution in [1.29, 1.82) is 0 Å². The molecular weight excluding hydrogens is 449 g/mol. The van der Waals surface area contributed by atoms with E-state index >= 15 is 0 Å². The summed E-state index contributed by atoms with van der Waals surface area (Å²) in [7, 11) is 0. The third-order valence-electron chi connectivity index (χ3n) is 6.29. The van der Waals surface area contributed by atoms with Gasteiger partial charge in [0.1, 0.15) is 30.2 Å². The third kappa shape index (κ3) is 3.91. The van der Waals surface area contributed by atoms with Gasteiger partial charge in [-0.25, -0.2) is 4.39 Å². The molecule has 0 saturated carbocycles. The predicted molar refractivity (Wildman–Crippen MR) is 123 cm³/mol. The molecule has 0 spiro atoms. The monoisotopic (exact) mass is 471 g/mol. The van der Waals surface area contributed by atoms with Crippen LogP contribution in [0.2, 0.25) is 5.02 Å². The number of ether oxygens (including phenoxy) is 1. The summed E-state index contributed by atoms with van der Waals surface area (Å²) in [6.07, 6.45) is -4.07. The van der Waals surface area contributed by atoms with Crippen molar-refractivity contribution in [1.82, 2.24) is 4.57 Å². The number of hydrogen-bond acceptors (Lipinski definition) is 5. The molecule has 5 rings (SSSR count). The minimum absolute atomic E-state index is 0.287. The summed E-state index contributed by atoms with van der Waals surface area (Å²) in [6, 6.07) is 15.8. The maximum absolute atomic E-state index is 13.5. The van der Waals surface area contributed by atoms with Crippen LogP contribution in [0.1, 0.15) is 17.4 Å². The van der Waals surface area contributed by atoms with Gasteiger partial charge in [-0.2, -0.15) is 0 Å². The molecule has 1 aliphatic heterocycles. The fraction of sp³-hybridized carbons (Fsp3) is 0.280. The summed E-state index contributed by atoms with van der Waals surface area (Å²) in [6.45, 7) is -0.508. The SMILES string of the molecule is OC[C@H]1O[C@@H](n2cc(Cc3ccc4cc(F)ccc4c3)c3c(Cl)cccc32)[C@H](O)[C@@H](O)[C@@H]1O. The van der Waals surface area contributed by atoms with Crippen molar-refractivity contribution < 1.29 is 29.6 Å². The second kappa shape index (κ2) is 8.68. The average Bonchev–Trinajstić information content (AvgIpc) is 3.17. The van der Waals surface area contributed by atoms with Gasteiger partial charge in [0.25, 0.3) is 0 Å². The van der Waals surface area contributed by atoms with Gasteiger partial charge in [-0.1, -0.05) is 41.9 Å². The Kier molecular flexibility index (Phi) is 5.86. The van der Waals surface area contributed by atoms with E-state index in [1.54, 1.807) is 29.0 Å². The first kappa shape index (κ1) is 22.3. The number of aliphatic hydroxyl groups is 4. The van der Waals surface area contributed by atoms with Gasteiger partial charge in [0, 0.05) is 11.6 Å². The molecule has 0 amide bonds. The largest absolute Gasteiger partial charge is 0.394 e. The van der Waals surface area contributed by atoms with Crippen LogP contribution in [0.3, 0.4) is 0 Å². The highest BCUT2D eigenvalue weighted by Crippen LogP contribution is 2.36. The van der Waals surface area contributed by atoms with Gasteiger partial charge in [0.2, 0.25) is 0 Å². The molecule has 1 saturated heterocycles. The van der Waals surface area contributed by atoms with Crippen molar-refractivity contribution in [3.63, 3.8) is 0 Å². The van der Waals surface area contributed by atoms with Crippen LogP contribution in [0.4, 0.5) is 4.39 Å². The molecule has 8 heteroatoms. The highest BCUT2D eigenvalue weighted by molar-refractivity contribution is 6.35. The summed E-state index contributed by atoms with van der Waals surface area (Å²) < 4.78 is 21.0. The van der Waals surface area contributed by atoms with Gasteiger partial charge in [-0.05, 0) is 52.6 Å². The molecule has 1 aliphatic rings. The minimum atomic E-state index is -1.48. The Bertz CT molecular complexity index is 1320. The first-order valence-corrected chi connectivity index (χ1v) is 11.0. The number of nitrogens with zero attached hydrogens (tertiary/aromatic N) is 1. The Hall–Kier alpha value is -2.52. The van der Waals surface area contributed by atoms with E-state index in [0.29, 0.717) is 17.0 Å². The van der Waals surface area contributed by atoms with Crippen LogP contribution in [0.5, 0.6) is 0 Å². The van der Waals surface area contributed by atoms with Crippen molar-refractivity contribution in [3.05, 3.63) is 82.8 Å². The molecule has 6 nitrogen and oxygen atoms in total. The van der Waals surface area contributed by atoms with E-state index in [9.17, 15) is 24.8 Å². The lowest BCUT2D eigenvalue weighted by Crippen LogP contribution is -2.56. The lowest BCUT2D eigenvalue weighted by atomic mass is 9.98. The zero-order valence-electron chi connectivity index (χ0n) is 17.5. The number of fused-ring (bicyclic) bond motifs is 2. The second-order valence-corrected chi connectivity index (χ2v) is 8.82. The number of aliphatic hydroxyl groups excluding tert-OH is 4. The second-order valence-electron chi connectivity index (χ2n) is 8.42. The molecule has 33 heavy (non-hydrogen) atoms. The van der Waals surface area contributed by atoms with Gasteiger partial charge in [0.05, 0.1) is 17.1 Å². The number of hydrogen-bond donors (Lipinski definition) is 4. The van der Waals surface area contributed by atoms with Gasteiger partial charge in [0.15, 0.2) is 6.23 Å². The molecule has 172 valence electrons. The quantitative estimate of drug-likeness (QED) is 0.367. The Morgan fingerprint density at radius 2 is 1.70 bits per heavy atom. The van der Waals surface area contributed by atoms with E-state index in [0.717, 1.165) is 27.3 Å². The van der Waals surface area contributed by atoms with E-state index in [4.69, 9.17) is 16.3 Å². The number of halogens is 2. The van der Waals surface area contributed by atoms with Gasteiger partial charge in [-0.15, -0.1) is 0 Å². The molecule has 0 unspecified atom stereocenters. The van der Waals surface area contributed by atoms with Crippen LogP contribution in [0, 0.1) is 5.82 Å². The third-order valence-corrected chi connectivity index (χ3v) is 6.60. The van der Waals surface area contributed by atoms with Gasteiger partial charge < -0.3 is 29.7 Å². The minimum Gasteiger partial charge on any atom is -0.394 e. The van der Waals surface area contributed by atoms with Crippen molar-refractivity contribution >= 4 is 33.3 Å². The van der Waals surface area contributed by atoms with Crippen LogP contribution in [-0.4, -0.2) is 56.0 Å². The molecule has 2 heterocycles. The van der Waals surface area contributed by atoms with E-state index in [-0.39, 0.29) is 5.82 Å². The standard InChI is InChI=1S/C25H23ClFNO5/c26-18-2-1-3-19-21(18)16(9-13-4-5-15-10-17(27)7-6-14(15)8-13)11-28(19)25-24(32)23(31)22(30)20(12-29)33-25/h1-8,10-11,20,22-25,29-32H,9,12H2/t20-,22-,23+,24-,25-/m1/s1. The van der Waals surface area contributed by atoms with Crippen molar-refractivity contribution in [2.45, 2.75) is 37.1 Å². The predicted octanol–water partition coefficient (Wildman–Crippen LogP) is 3.15. The van der Waals surface area contributed by atoms with Crippen molar-refractivity contribution in [2.75, 3.05) is 6.61 Å². The van der Waals surface area contributed by atoms with E-state index in [2.05, 4.69) is 0 Å². The highest BCUT2D eigenvalue weighted by atomic mass is 35.5. The van der Waals surface area contributed by atoms with E-state index in [1.165, 1.54) is 12.1 Å². The van der Waals surface area contributed by atoms with Crippen molar-refractivity contribution in [3.8, 4) is 0 Å². The van der Waals surface area contributed by atoms with Crippen LogP contribution >= 0.6 is 11.6 Å². The normalized spacial score (nSPS) is 25.7. The molecule has 3 aromatic carbocycles.